The molecule has 0 unspecified atom stereocenters. The topological polar surface area (TPSA) is 57.8 Å². The second kappa shape index (κ2) is 6.16. The highest BCUT2D eigenvalue weighted by atomic mass is 16.2. The molecule has 4 rings (SSSR count). The summed E-state index contributed by atoms with van der Waals surface area (Å²) in [5, 5.41) is 2.94. The van der Waals surface area contributed by atoms with Gasteiger partial charge in [0.15, 0.2) is 0 Å². The summed E-state index contributed by atoms with van der Waals surface area (Å²) in [6.07, 6.45) is 9.24. The van der Waals surface area contributed by atoms with Gasteiger partial charge in [-0.25, -0.2) is 0 Å². The lowest BCUT2D eigenvalue weighted by Gasteiger charge is -2.04. The molecule has 118 valence electrons. The monoisotopic (exact) mass is 315 g/mol. The Kier molecular flexibility index (Phi) is 3.71. The maximum atomic E-state index is 12.3. The van der Waals surface area contributed by atoms with Gasteiger partial charge in [-0.15, -0.1) is 0 Å². The molecule has 0 saturated heterocycles. The number of aromatic nitrogens is 2. The van der Waals surface area contributed by atoms with E-state index in [1.807, 2.05) is 48.8 Å². The molecule has 0 aliphatic carbocycles. The van der Waals surface area contributed by atoms with Gasteiger partial charge in [-0.05, 0) is 48.7 Å². The van der Waals surface area contributed by atoms with Crippen molar-refractivity contribution >= 4 is 17.2 Å². The second-order valence-electron chi connectivity index (χ2n) is 5.81. The van der Waals surface area contributed by atoms with Gasteiger partial charge in [-0.2, -0.15) is 0 Å². The number of rotatable bonds is 4. The van der Waals surface area contributed by atoms with Crippen LogP contribution in [0, 0.1) is 0 Å². The molecule has 4 nitrogen and oxygen atoms in total. The molecule has 4 heteroatoms. The third-order valence-electron chi connectivity index (χ3n) is 4.22. The van der Waals surface area contributed by atoms with Gasteiger partial charge in [0, 0.05) is 46.7 Å². The summed E-state index contributed by atoms with van der Waals surface area (Å²) in [5.41, 5.74) is 5.88. The molecule has 1 aliphatic rings. The Morgan fingerprint density at radius 2 is 2.04 bits per heavy atom. The fraction of sp³-hybridized carbons (Fsp3) is 0.100. The van der Waals surface area contributed by atoms with E-state index in [1.54, 1.807) is 6.20 Å². The Labute approximate surface area is 140 Å². The van der Waals surface area contributed by atoms with Crippen molar-refractivity contribution in [3.63, 3.8) is 0 Å². The summed E-state index contributed by atoms with van der Waals surface area (Å²) >= 11 is 0. The molecule has 3 aromatic rings. The molecule has 0 radical (unpaired) electrons. The van der Waals surface area contributed by atoms with Crippen LogP contribution in [0.15, 0.2) is 67.1 Å². The zero-order valence-electron chi connectivity index (χ0n) is 13.1. The molecule has 0 atom stereocenters. The minimum absolute atomic E-state index is 0.0279. The van der Waals surface area contributed by atoms with Crippen molar-refractivity contribution in [3.05, 3.63) is 78.4 Å². The number of hydrogen-bond donors (Lipinski definition) is 2. The fourth-order valence-electron chi connectivity index (χ4n) is 3.00. The molecule has 0 bridgehead atoms. The van der Waals surface area contributed by atoms with Gasteiger partial charge in [-0.3, -0.25) is 9.78 Å². The molecule has 2 N–H and O–H groups in total. The number of carbonyl (C=O) groups excluding carboxylic acids is 1. The minimum atomic E-state index is -0.0279. The van der Waals surface area contributed by atoms with Crippen molar-refractivity contribution in [1.29, 1.82) is 0 Å². The number of hydrogen-bond acceptors (Lipinski definition) is 2. The van der Waals surface area contributed by atoms with E-state index in [0.717, 1.165) is 40.8 Å². The molecule has 3 heterocycles. The van der Waals surface area contributed by atoms with Gasteiger partial charge in [0.25, 0.3) is 5.91 Å². The molecule has 1 amide bonds. The molecule has 0 fully saturated rings. The van der Waals surface area contributed by atoms with Crippen LogP contribution in [0.5, 0.6) is 0 Å². The second-order valence-corrected chi connectivity index (χ2v) is 5.81. The first-order valence-corrected chi connectivity index (χ1v) is 8.00. The van der Waals surface area contributed by atoms with E-state index < -0.39 is 0 Å². The molecule has 1 aromatic carbocycles. The average molecular weight is 315 g/mol. The molecule has 0 saturated carbocycles. The number of amides is 1. The first-order valence-electron chi connectivity index (χ1n) is 8.00. The van der Waals surface area contributed by atoms with Gasteiger partial charge in [0.05, 0.1) is 0 Å². The van der Waals surface area contributed by atoms with Crippen LogP contribution in [0.3, 0.4) is 0 Å². The van der Waals surface area contributed by atoms with E-state index in [1.165, 1.54) is 5.69 Å². The van der Waals surface area contributed by atoms with E-state index in [-0.39, 0.29) is 5.91 Å². The normalized spacial score (nSPS) is 14.7. The van der Waals surface area contributed by atoms with Crippen LogP contribution in [0.25, 0.3) is 16.7 Å². The lowest BCUT2D eigenvalue weighted by Crippen LogP contribution is -2.03. The van der Waals surface area contributed by atoms with Crippen LogP contribution in [0.1, 0.15) is 17.7 Å². The van der Waals surface area contributed by atoms with Crippen molar-refractivity contribution in [2.24, 2.45) is 0 Å². The number of aromatic amines is 1. The Balaban J connectivity index is 1.63. The molecule has 0 spiro atoms. The first-order chi connectivity index (χ1) is 11.8. The standard InChI is InChI=1S/C20H17N3O/c24-20-17(7-1-5-16-6-3-11-22-16)18-12-14(8-9-19(18)23-20)15-4-2-10-21-13-15/h2-4,6-13,22H,1,5H2,(H,23,24)/b17-7-. The zero-order chi connectivity index (χ0) is 16.4. The summed E-state index contributed by atoms with van der Waals surface area (Å²) in [5.74, 6) is -0.0279. The first kappa shape index (κ1) is 14.5. The van der Waals surface area contributed by atoms with Gasteiger partial charge in [0.1, 0.15) is 0 Å². The average Bonchev–Trinajstić information content (AvgIpc) is 3.23. The highest BCUT2D eigenvalue weighted by molar-refractivity contribution is 6.31. The Morgan fingerprint density at radius 3 is 2.83 bits per heavy atom. The number of pyridine rings is 1. The Hall–Kier alpha value is -3.14. The van der Waals surface area contributed by atoms with Crippen LogP contribution in [-0.4, -0.2) is 15.9 Å². The van der Waals surface area contributed by atoms with Crippen molar-refractivity contribution in [2.75, 3.05) is 5.32 Å². The number of nitrogens with one attached hydrogen (secondary N) is 2. The SMILES string of the molecule is O=C1Nc2ccc(-c3cccnc3)cc2/C1=C/CCc1ccc[nH]1. The van der Waals surface area contributed by atoms with E-state index in [4.69, 9.17) is 0 Å². The lowest BCUT2D eigenvalue weighted by molar-refractivity contribution is -0.110. The Morgan fingerprint density at radius 1 is 1.08 bits per heavy atom. The third-order valence-corrected chi connectivity index (χ3v) is 4.22. The number of carbonyl (C=O) groups is 1. The fourth-order valence-corrected chi connectivity index (χ4v) is 3.00. The summed E-state index contributed by atoms with van der Waals surface area (Å²) < 4.78 is 0. The van der Waals surface area contributed by atoms with E-state index in [0.29, 0.717) is 0 Å². The highest BCUT2D eigenvalue weighted by Gasteiger charge is 2.24. The van der Waals surface area contributed by atoms with E-state index in [2.05, 4.69) is 27.4 Å². The number of H-pyrrole nitrogens is 1. The van der Waals surface area contributed by atoms with Gasteiger partial charge >= 0.3 is 0 Å². The number of benzene rings is 1. The summed E-state index contributed by atoms with van der Waals surface area (Å²) in [7, 11) is 0. The smallest absolute Gasteiger partial charge is 0.256 e. The van der Waals surface area contributed by atoms with Crippen LogP contribution in [0.4, 0.5) is 5.69 Å². The molecule has 2 aromatic heterocycles. The summed E-state index contributed by atoms with van der Waals surface area (Å²) in [6, 6.07) is 14.0. The van der Waals surface area contributed by atoms with Gasteiger partial charge in [0.2, 0.25) is 0 Å². The molecule has 1 aliphatic heterocycles. The van der Waals surface area contributed by atoms with Gasteiger partial charge < -0.3 is 10.3 Å². The third kappa shape index (κ3) is 2.74. The summed E-state index contributed by atoms with van der Waals surface area (Å²) in [6.45, 7) is 0. The number of anilines is 1. The predicted octanol–water partition coefficient (Wildman–Crippen LogP) is 4.05. The van der Waals surface area contributed by atoms with E-state index in [9.17, 15) is 4.79 Å². The molecular formula is C20H17N3O. The Bertz CT molecular complexity index is 896. The zero-order valence-corrected chi connectivity index (χ0v) is 13.1. The number of allylic oxidation sites excluding steroid dienone is 1. The minimum Gasteiger partial charge on any atom is -0.365 e. The number of nitrogens with zero attached hydrogens (tertiary/aromatic N) is 1. The van der Waals surface area contributed by atoms with Crippen molar-refractivity contribution in [1.82, 2.24) is 9.97 Å². The number of fused-ring (bicyclic) bond motifs is 1. The highest BCUT2D eigenvalue weighted by Crippen LogP contribution is 2.35. The largest absolute Gasteiger partial charge is 0.365 e. The van der Waals surface area contributed by atoms with Crippen molar-refractivity contribution < 1.29 is 4.79 Å². The summed E-state index contributed by atoms with van der Waals surface area (Å²) in [4.78, 5) is 19.6. The molecule has 24 heavy (non-hydrogen) atoms. The van der Waals surface area contributed by atoms with Gasteiger partial charge in [-0.1, -0.05) is 18.2 Å². The maximum Gasteiger partial charge on any atom is 0.256 e. The number of aryl methyl sites for hydroxylation is 1. The van der Waals surface area contributed by atoms with Crippen LogP contribution in [0.2, 0.25) is 0 Å². The lowest BCUT2D eigenvalue weighted by atomic mass is 9.99. The quantitative estimate of drug-likeness (QED) is 0.714. The van der Waals surface area contributed by atoms with Crippen LogP contribution < -0.4 is 5.32 Å². The molecular weight excluding hydrogens is 298 g/mol. The van der Waals surface area contributed by atoms with Crippen molar-refractivity contribution in [3.8, 4) is 11.1 Å². The predicted molar refractivity (Wildman–Crippen MR) is 95.4 cm³/mol. The van der Waals surface area contributed by atoms with E-state index >= 15 is 0 Å². The van der Waals surface area contributed by atoms with Crippen LogP contribution >= 0.6 is 0 Å². The van der Waals surface area contributed by atoms with Crippen LogP contribution in [-0.2, 0) is 11.2 Å². The maximum absolute atomic E-state index is 12.3. The van der Waals surface area contributed by atoms with Crippen molar-refractivity contribution in [2.45, 2.75) is 12.8 Å².